The van der Waals surface area contributed by atoms with Gasteiger partial charge in [-0.2, -0.15) is 0 Å². The molecule has 0 aliphatic heterocycles. The van der Waals surface area contributed by atoms with Crippen molar-refractivity contribution in [3.63, 3.8) is 0 Å². The molecule has 1 amide bonds. The lowest BCUT2D eigenvalue weighted by molar-refractivity contribution is -0.135. The van der Waals surface area contributed by atoms with Gasteiger partial charge in [-0.05, 0) is 49.6 Å². The van der Waals surface area contributed by atoms with Gasteiger partial charge < -0.3 is 24.4 Å². The zero-order valence-electron chi connectivity index (χ0n) is 21.6. The lowest BCUT2D eigenvalue weighted by Crippen LogP contribution is -2.35. The van der Waals surface area contributed by atoms with Crippen LogP contribution in [0.2, 0.25) is 0 Å². The molecule has 1 atom stereocenters. The fourth-order valence-corrected chi connectivity index (χ4v) is 4.15. The van der Waals surface area contributed by atoms with E-state index in [9.17, 15) is 4.79 Å². The van der Waals surface area contributed by atoms with Crippen LogP contribution in [0.3, 0.4) is 0 Å². The van der Waals surface area contributed by atoms with E-state index in [1.807, 2.05) is 61.2 Å². The molecule has 35 heavy (non-hydrogen) atoms. The number of nitrogens with zero attached hydrogens (tertiary/aromatic N) is 2. The standard InChI is InChI=1S/C28H37N3O4/c1-19(2)28(32)31(18-21-11-12-25(34-5)26(15-21)35-6)14-8-9-20(3)30-24-17-23(33-4)16-22-10-7-13-29-27(22)24/h7,10-13,15-17,19-20,30H,8-9,14,18H2,1-6H3. The zero-order chi connectivity index (χ0) is 25.4. The molecule has 2 aromatic carbocycles. The number of anilines is 1. The summed E-state index contributed by atoms with van der Waals surface area (Å²) in [5.74, 6) is 2.21. The van der Waals surface area contributed by atoms with Gasteiger partial charge in [-0.15, -0.1) is 0 Å². The Bertz CT molecular complexity index is 1130. The highest BCUT2D eigenvalue weighted by Crippen LogP contribution is 2.29. The number of hydrogen-bond acceptors (Lipinski definition) is 6. The minimum atomic E-state index is -0.0695. The smallest absolute Gasteiger partial charge is 0.225 e. The van der Waals surface area contributed by atoms with Crippen LogP contribution in [0.15, 0.2) is 48.7 Å². The topological polar surface area (TPSA) is 72.9 Å². The fourth-order valence-electron chi connectivity index (χ4n) is 4.15. The highest BCUT2D eigenvalue weighted by molar-refractivity contribution is 5.91. The van der Waals surface area contributed by atoms with Crippen LogP contribution >= 0.6 is 0 Å². The molecule has 3 aromatic rings. The van der Waals surface area contributed by atoms with E-state index < -0.39 is 0 Å². The van der Waals surface area contributed by atoms with Gasteiger partial charge in [0.2, 0.25) is 5.91 Å². The van der Waals surface area contributed by atoms with Crippen LogP contribution in [0, 0.1) is 5.92 Å². The van der Waals surface area contributed by atoms with Gasteiger partial charge in [-0.3, -0.25) is 9.78 Å². The first kappa shape index (κ1) is 26.1. The molecule has 7 heteroatoms. The van der Waals surface area contributed by atoms with E-state index in [0.29, 0.717) is 24.6 Å². The maximum Gasteiger partial charge on any atom is 0.225 e. The van der Waals surface area contributed by atoms with Gasteiger partial charge >= 0.3 is 0 Å². The second-order valence-corrected chi connectivity index (χ2v) is 9.04. The number of fused-ring (bicyclic) bond motifs is 1. The molecular formula is C28H37N3O4. The Kier molecular flexibility index (Phi) is 9.18. The first-order chi connectivity index (χ1) is 16.9. The third kappa shape index (κ3) is 6.78. The normalized spacial score (nSPS) is 11.9. The molecule has 1 heterocycles. The molecule has 0 aliphatic rings. The summed E-state index contributed by atoms with van der Waals surface area (Å²) in [6.45, 7) is 7.24. The van der Waals surface area contributed by atoms with Gasteiger partial charge in [0.25, 0.3) is 0 Å². The summed E-state index contributed by atoms with van der Waals surface area (Å²) in [5, 5.41) is 4.62. The lowest BCUT2D eigenvalue weighted by Gasteiger charge is -2.26. The number of amides is 1. The van der Waals surface area contributed by atoms with E-state index in [1.54, 1.807) is 27.5 Å². The number of rotatable bonds is 12. The fraction of sp³-hybridized carbons (Fsp3) is 0.429. The summed E-state index contributed by atoms with van der Waals surface area (Å²) in [4.78, 5) is 19.4. The first-order valence-corrected chi connectivity index (χ1v) is 12.0. The number of methoxy groups -OCH3 is 3. The predicted molar refractivity (Wildman–Crippen MR) is 140 cm³/mol. The van der Waals surface area contributed by atoms with Crippen LogP contribution < -0.4 is 19.5 Å². The molecule has 0 saturated carbocycles. The van der Waals surface area contributed by atoms with Crippen LogP contribution in [-0.2, 0) is 11.3 Å². The summed E-state index contributed by atoms with van der Waals surface area (Å²) < 4.78 is 16.2. The van der Waals surface area contributed by atoms with Crippen LogP contribution in [-0.4, -0.2) is 49.7 Å². The zero-order valence-corrected chi connectivity index (χ0v) is 21.6. The van der Waals surface area contributed by atoms with Gasteiger partial charge in [0, 0.05) is 42.7 Å². The number of carbonyl (C=O) groups excluding carboxylic acids is 1. The van der Waals surface area contributed by atoms with Crippen molar-refractivity contribution < 1.29 is 19.0 Å². The number of benzene rings is 2. The number of pyridine rings is 1. The van der Waals surface area contributed by atoms with E-state index in [4.69, 9.17) is 14.2 Å². The Morgan fingerprint density at radius 3 is 2.46 bits per heavy atom. The SMILES string of the molecule is COc1cc(NC(C)CCCN(Cc2ccc(OC)c(OC)c2)C(=O)C(C)C)c2ncccc2c1. The molecule has 0 fully saturated rings. The lowest BCUT2D eigenvalue weighted by atomic mass is 10.1. The molecular weight excluding hydrogens is 442 g/mol. The van der Waals surface area contributed by atoms with Gasteiger partial charge in [0.15, 0.2) is 11.5 Å². The van der Waals surface area contributed by atoms with Gasteiger partial charge in [-0.1, -0.05) is 26.0 Å². The minimum absolute atomic E-state index is 0.0695. The Morgan fingerprint density at radius 1 is 1.00 bits per heavy atom. The quantitative estimate of drug-likeness (QED) is 0.368. The Balaban J connectivity index is 1.65. The Morgan fingerprint density at radius 2 is 1.77 bits per heavy atom. The molecule has 0 spiro atoms. The van der Waals surface area contributed by atoms with E-state index in [2.05, 4.69) is 17.2 Å². The number of hydrogen-bond donors (Lipinski definition) is 1. The molecule has 1 aromatic heterocycles. The van der Waals surface area contributed by atoms with Gasteiger partial charge in [-0.25, -0.2) is 0 Å². The van der Waals surface area contributed by atoms with Crippen molar-refractivity contribution in [1.82, 2.24) is 9.88 Å². The van der Waals surface area contributed by atoms with E-state index in [1.165, 1.54) is 0 Å². The summed E-state index contributed by atoms with van der Waals surface area (Å²) in [6.07, 6.45) is 3.57. The number of ether oxygens (including phenoxy) is 3. The van der Waals surface area contributed by atoms with E-state index in [0.717, 1.165) is 40.7 Å². The average Bonchev–Trinajstić information content (AvgIpc) is 2.87. The summed E-state index contributed by atoms with van der Waals surface area (Å²) in [5.41, 5.74) is 2.88. The van der Waals surface area contributed by atoms with Crippen LogP contribution in [0.5, 0.6) is 17.2 Å². The second kappa shape index (κ2) is 12.3. The minimum Gasteiger partial charge on any atom is -0.497 e. The average molecular weight is 480 g/mol. The number of carbonyl (C=O) groups is 1. The number of aromatic nitrogens is 1. The first-order valence-electron chi connectivity index (χ1n) is 12.0. The number of nitrogens with one attached hydrogen (secondary N) is 1. The van der Waals surface area contributed by atoms with Crippen molar-refractivity contribution in [1.29, 1.82) is 0 Å². The van der Waals surface area contributed by atoms with Crippen molar-refractivity contribution in [2.75, 3.05) is 33.2 Å². The van der Waals surface area contributed by atoms with Gasteiger partial charge in [0.05, 0.1) is 32.5 Å². The van der Waals surface area contributed by atoms with E-state index >= 15 is 0 Å². The monoisotopic (exact) mass is 479 g/mol. The molecule has 0 bridgehead atoms. The molecule has 7 nitrogen and oxygen atoms in total. The highest BCUT2D eigenvalue weighted by Gasteiger charge is 2.19. The largest absolute Gasteiger partial charge is 0.497 e. The van der Waals surface area contributed by atoms with Crippen molar-refractivity contribution in [2.45, 2.75) is 46.2 Å². The van der Waals surface area contributed by atoms with Gasteiger partial charge in [0.1, 0.15) is 5.75 Å². The van der Waals surface area contributed by atoms with Crippen LogP contribution in [0.4, 0.5) is 5.69 Å². The van der Waals surface area contributed by atoms with Crippen molar-refractivity contribution in [3.8, 4) is 17.2 Å². The summed E-state index contributed by atoms with van der Waals surface area (Å²) >= 11 is 0. The molecule has 188 valence electrons. The van der Waals surface area contributed by atoms with Crippen molar-refractivity contribution in [3.05, 3.63) is 54.2 Å². The second-order valence-electron chi connectivity index (χ2n) is 9.04. The molecule has 3 rings (SSSR count). The highest BCUT2D eigenvalue weighted by atomic mass is 16.5. The van der Waals surface area contributed by atoms with Crippen LogP contribution in [0.25, 0.3) is 10.9 Å². The Hall–Kier alpha value is -3.48. The van der Waals surface area contributed by atoms with Crippen molar-refractivity contribution in [2.24, 2.45) is 5.92 Å². The molecule has 1 N–H and O–H groups in total. The predicted octanol–water partition coefficient (Wildman–Crippen LogP) is 5.53. The Labute approximate surface area is 208 Å². The van der Waals surface area contributed by atoms with E-state index in [-0.39, 0.29) is 17.9 Å². The summed E-state index contributed by atoms with van der Waals surface area (Å²) in [6, 6.07) is 13.9. The van der Waals surface area contributed by atoms with Crippen LogP contribution in [0.1, 0.15) is 39.2 Å². The molecule has 0 saturated heterocycles. The molecule has 0 radical (unpaired) electrons. The maximum atomic E-state index is 12.9. The van der Waals surface area contributed by atoms with Crippen molar-refractivity contribution >= 4 is 22.5 Å². The third-order valence-electron chi connectivity index (χ3n) is 6.01. The maximum absolute atomic E-state index is 12.9. The summed E-state index contributed by atoms with van der Waals surface area (Å²) in [7, 11) is 4.91. The molecule has 1 unspecified atom stereocenters. The third-order valence-corrected chi connectivity index (χ3v) is 6.01. The molecule has 0 aliphatic carbocycles.